The summed E-state index contributed by atoms with van der Waals surface area (Å²) in [6.45, 7) is 4.72. The van der Waals surface area contributed by atoms with Gasteiger partial charge in [0, 0.05) is 25.7 Å². The van der Waals surface area contributed by atoms with Gasteiger partial charge in [-0.25, -0.2) is 4.98 Å². The Bertz CT molecular complexity index is 410. The normalized spacial score (nSPS) is 19.2. The van der Waals surface area contributed by atoms with Crippen molar-refractivity contribution in [2.24, 2.45) is 0 Å². The molecule has 0 bridgehead atoms. The van der Waals surface area contributed by atoms with Gasteiger partial charge in [0.05, 0.1) is 6.61 Å². The molecule has 1 aromatic rings. The van der Waals surface area contributed by atoms with E-state index in [9.17, 15) is 0 Å². The molecule has 1 aliphatic heterocycles. The van der Waals surface area contributed by atoms with E-state index in [4.69, 9.17) is 4.74 Å². The topological polar surface area (TPSA) is 50.3 Å². The minimum Gasteiger partial charge on any atom is -0.478 e. The van der Waals surface area contributed by atoms with E-state index in [1.165, 1.54) is 12.8 Å². The summed E-state index contributed by atoms with van der Waals surface area (Å²) in [7, 11) is 2.10. The number of rotatable bonds is 5. The van der Waals surface area contributed by atoms with Gasteiger partial charge in [-0.2, -0.15) is 4.98 Å². The highest BCUT2D eigenvalue weighted by Gasteiger charge is 2.20. The summed E-state index contributed by atoms with van der Waals surface area (Å²) in [6.07, 6.45) is 4.40. The Morgan fingerprint density at radius 2 is 2.37 bits per heavy atom. The first-order valence-corrected chi connectivity index (χ1v) is 7.96. The maximum atomic E-state index is 5.52. The third-order valence-corrected chi connectivity index (χ3v) is 3.87. The number of hydrogen-bond donors (Lipinski definition) is 1. The van der Waals surface area contributed by atoms with Crippen LogP contribution in [0.4, 0.5) is 5.82 Å². The second-order valence-corrected chi connectivity index (χ2v) is 5.37. The zero-order valence-corrected chi connectivity index (χ0v) is 12.7. The van der Waals surface area contributed by atoms with Gasteiger partial charge in [-0.3, -0.25) is 0 Å². The van der Waals surface area contributed by atoms with Crippen molar-refractivity contribution in [1.29, 1.82) is 0 Å². The average Bonchev–Trinajstić information content (AvgIpc) is 2.47. The molecule has 0 aliphatic carbocycles. The molecule has 1 fully saturated rings. The van der Waals surface area contributed by atoms with Crippen molar-refractivity contribution < 1.29 is 4.74 Å². The molecule has 0 aromatic carbocycles. The zero-order chi connectivity index (χ0) is 13.7. The number of hydrogen-bond acceptors (Lipinski definition) is 6. The van der Waals surface area contributed by atoms with E-state index >= 15 is 0 Å². The van der Waals surface area contributed by atoms with Gasteiger partial charge in [-0.15, -0.1) is 0 Å². The Labute approximate surface area is 119 Å². The smallest absolute Gasteiger partial charge is 0.219 e. The fourth-order valence-electron chi connectivity index (χ4n) is 2.24. The second kappa shape index (κ2) is 6.96. The van der Waals surface area contributed by atoms with Gasteiger partial charge in [0.15, 0.2) is 5.16 Å². The Balaban J connectivity index is 2.18. The lowest BCUT2D eigenvalue weighted by molar-refractivity contribution is 0.323. The Morgan fingerprint density at radius 1 is 1.53 bits per heavy atom. The summed E-state index contributed by atoms with van der Waals surface area (Å²) >= 11 is 1.54. The second-order valence-electron chi connectivity index (χ2n) is 4.60. The Hall–Kier alpha value is -1.01. The molecule has 5 nitrogen and oxygen atoms in total. The molecule has 2 heterocycles. The van der Waals surface area contributed by atoms with Gasteiger partial charge in [0.1, 0.15) is 5.82 Å². The van der Waals surface area contributed by atoms with Crippen LogP contribution >= 0.6 is 11.8 Å². The number of ether oxygens (including phenoxy) is 1. The van der Waals surface area contributed by atoms with E-state index in [0.717, 1.165) is 24.1 Å². The molecule has 106 valence electrons. The van der Waals surface area contributed by atoms with Crippen LogP contribution in [0.3, 0.4) is 0 Å². The van der Waals surface area contributed by atoms with Crippen LogP contribution in [0.15, 0.2) is 11.2 Å². The molecule has 19 heavy (non-hydrogen) atoms. The lowest BCUT2D eigenvalue weighted by Gasteiger charge is -2.32. The Morgan fingerprint density at radius 3 is 3.00 bits per heavy atom. The summed E-state index contributed by atoms with van der Waals surface area (Å²) in [5.74, 6) is 1.60. The predicted molar refractivity (Wildman–Crippen MR) is 79.3 cm³/mol. The maximum Gasteiger partial charge on any atom is 0.219 e. The third kappa shape index (κ3) is 3.73. The summed E-state index contributed by atoms with van der Waals surface area (Å²) in [5.41, 5.74) is 0. The van der Waals surface area contributed by atoms with Crippen LogP contribution in [0.2, 0.25) is 0 Å². The molecule has 6 heteroatoms. The molecule has 0 spiro atoms. The molecule has 0 amide bonds. The molecule has 0 radical (unpaired) electrons. The van der Waals surface area contributed by atoms with E-state index in [2.05, 4.69) is 27.2 Å². The fraction of sp³-hybridized carbons (Fsp3) is 0.692. The fourth-order valence-corrected chi connectivity index (χ4v) is 2.60. The van der Waals surface area contributed by atoms with Gasteiger partial charge in [-0.1, -0.05) is 11.8 Å². The van der Waals surface area contributed by atoms with Crippen molar-refractivity contribution in [3.8, 4) is 5.88 Å². The molecule has 1 N–H and O–H groups in total. The van der Waals surface area contributed by atoms with Gasteiger partial charge < -0.3 is 15.0 Å². The first kappa shape index (κ1) is 14.4. The number of anilines is 1. The van der Waals surface area contributed by atoms with E-state index in [0.29, 0.717) is 18.5 Å². The van der Waals surface area contributed by atoms with Crippen molar-refractivity contribution in [2.75, 3.05) is 37.9 Å². The summed E-state index contributed by atoms with van der Waals surface area (Å²) in [4.78, 5) is 11.2. The van der Waals surface area contributed by atoms with E-state index < -0.39 is 0 Å². The maximum absolute atomic E-state index is 5.52. The summed E-state index contributed by atoms with van der Waals surface area (Å²) in [6, 6.07) is 2.42. The molecule has 0 saturated carbocycles. The molecular weight excluding hydrogens is 260 g/mol. The van der Waals surface area contributed by atoms with Crippen LogP contribution in [0.25, 0.3) is 0 Å². The number of nitrogens with one attached hydrogen (secondary N) is 1. The van der Waals surface area contributed by atoms with Gasteiger partial charge in [0.25, 0.3) is 0 Å². The van der Waals surface area contributed by atoms with Crippen molar-refractivity contribution >= 4 is 17.6 Å². The highest BCUT2D eigenvalue weighted by molar-refractivity contribution is 7.98. The number of thioether (sulfide) groups is 1. The van der Waals surface area contributed by atoms with Crippen LogP contribution in [0.5, 0.6) is 5.88 Å². The summed E-state index contributed by atoms with van der Waals surface area (Å²) < 4.78 is 5.52. The highest BCUT2D eigenvalue weighted by Crippen LogP contribution is 2.23. The molecule has 2 rings (SSSR count). The molecule has 1 atom stereocenters. The first-order valence-electron chi connectivity index (χ1n) is 6.74. The largest absolute Gasteiger partial charge is 0.478 e. The van der Waals surface area contributed by atoms with Crippen molar-refractivity contribution in [2.45, 2.75) is 31.0 Å². The lowest BCUT2D eigenvalue weighted by Crippen LogP contribution is -2.44. The predicted octanol–water partition coefficient (Wildman–Crippen LogP) is 1.79. The number of likely N-dealkylation sites (N-methyl/N-ethyl adjacent to an activating group) is 1. The monoisotopic (exact) mass is 282 g/mol. The lowest BCUT2D eigenvalue weighted by atomic mass is 10.1. The minimum atomic E-state index is 0.493. The van der Waals surface area contributed by atoms with E-state index in [1.807, 2.05) is 19.2 Å². The van der Waals surface area contributed by atoms with Crippen LogP contribution in [0.1, 0.15) is 19.8 Å². The van der Waals surface area contributed by atoms with Crippen LogP contribution in [-0.4, -0.2) is 49.0 Å². The number of piperidine rings is 1. The van der Waals surface area contributed by atoms with Crippen LogP contribution in [-0.2, 0) is 0 Å². The molecular formula is C13H22N4OS. The number of nitrogens with zero attached hydrogens (tertiary/aromatic N) is 3. The SMILES string of the molecule is CCOc1cc(N(C)C2CCCNC2)nc(SC)n1. The van der Waals surface area contributed by atoms with E-state index in [-0.39, 0.29) is 0 Å². The average molecular weight is 282 g/mol. The van der Waals surface area contributed by atoms with Crippen molar-refractivity contribution in [3.63, 3.8) is 0 Å². The number of aromatic nitrogens is 2. The Kier molecular flexibility index (Phi) is 5.27. The molecule has 1 aliphatic rings. The first-order chi connectivity index (χ1) is 9.24. The minimum absolute atomic E-state index is 0.493. The third-order valence-electron chi connectivity index (χ3n) is 3.32. The van der Waals surface area contributed by atoms with Gasteiger partial charge in [-0.05, 0) is 32.6 Å². The quantitative estimate of drug-likeness (QED) is 0.656. The molecule has 1 unspecified atom stereocenters. The van der Waals surface area contributed by atoms with Crippen molar-refractivity contribution in [1.82, 2.24) is 15.3 Å². The standard InChI is InChI=1S/C13H22N4OS/c1-4-18-12-8-11(15-13(16-12)19-3)17(2)10-6-5-7-14-9-10/h8,10,14H,4-7,9H2,1-3H3. The molecule has 1 saturated heterocycles. The van der Waals surface area contributed by atoms with Crippen molar-refractivity contribution in [3.05, 3.63) is 6.07 Å². The van der Waals surface area contributed by atoms with Gasteiger partial charge in [0.2, 0.25) is 5.88 Å². The van der Waals surface area contributed by atoms with Gasteiger partial charge >= 0.3 is 0 Å². The summed E-state index contributed by atoms with van der Waals surface area (Å²) in [5, 5.41) is 4.19. The highest BCUT2D eigenvalue weighted by atomic mass is 32.2. The molecule has 1 aromatic heterocycles. The van der Waals surface area contributed by atoms with Crippen LogP contribution < -0.4 is 15.0 Å². The van der Waals surface area contributed by atoms with Crippen LogP contribution in [0, 0.1) is 0 Å². The zero-order valence-electron chi connectivity index (χ0n) is 11.8. The van der Waals surface area contributed by atoms with E-state index in [1.54, 1.807) is 11.8 Å².